The van der Waals surface area contributed by atoms with E-state index in [0.29, 0.717) is 12.8 Å². The van der Waals surface area contributed by atoms with Gasteiger partial charge in [-0.15, -0.1) is 0 Å². The van der Waals surface area contributed by atoms with Gasteiger partial charge in [0.25, 0.3) is 0 Å². The molecule has 0 aliphatic heterocycles. The molecule has 0 bridgehead atoms. The second-order valence-electron chi connectivity index (χ2n) is 4.62. The number of hydrazine groups is 1. The topological polar surface area (TPSA) is 67.4 Å². The summed E-state index contributed by atoms with van der Waals surface area (Å²) in [5, 5.41) is 0. The molecular weight excluding hydrogens is 244 g/mol. The van der Waals surface area contributed by atoms with Gasteiger partial charge in [0.1, 0.15) is 5.75 Å². The number of benzene rings is 1. The molecular formula is C14H18N2O3. The molecule has 0 radical (unpaired) electrons. The second-order valence-corrected chi connectivity index (χ2v) is 4.62. The van der Waals surface area contributed by atoms with Gasteiger partial charge in [-0.2, -0.15) is 0 Å². The zero-order chi connectivity index (χ0) is 13.7. The molecule has 5 nitrogen and oxygen atoms in total. The molecule has 0 saturated heterocycles. The Labute approximate surface area is 112 Å². The number of ether oxygens (including phenoxy) is 1. The number of nitrogens with one attached hydrogen (secondary N) is 2. The van der Waals surface area contributed by atoms with E-state index in [-0.39, 0.29) is 17.7 Å². The number of carbonyl (C=O) groups is 2. The highest BCUT2D eigenvalue weighted by Crippen LogP contribution is 2.28. The summed E-state index contributed by atoms with van der Waals surface area (Å²) in [6.45, 7) is 0. The number of para-hydroxylation sites is 1. The molecule has 1 aromatic rings. The van der Waals surface area contributed by atoms with Crippen molar-refractivity contribution in [3.05, 3.63) is 29.8 Å². The molecule has 0 atom stereocenters. The Balaban J connectivity index is 1.74. The Morgan fingerprint density at radius 1 is 1.26 bits per heavy atom. The highest BCUT2D eigenvalue weighted by atomic mass is 16.5. The second kappa shape index (κ2) is 6.22. The molecule has 2 N–H and O–H groups in total. The van der Waals surface area contributed by atoms with Crippen LogP contribution in [0.15, 0.2) is 24.3 Å². The summed E-state index contributed by atoms with van der Waals surface area (Å²) < 4.78 is 5.21. The average Bonchev–Trinajstić information content (AvgIpc) is 3.27. The van der Waals surface area contributed by atoms with E-state index in [4.69, 9.17) is 4.74 Å². The van der Waals surface area contributed by atoms with Crippen molar-refractivity contribution >= 4 is 11.8 Å². The lowest BCUT2D eigenvalue weighted by atomic mass is 10.1. The monoisotopic (exact) mass is 262 g/mol. The number of hydrogen-bond donors (Lipinski definition) is 2. The van der Waals surface area contributed by atoms with Crippen LogP contribution in [0.5, 0.6) is 5.75 Å². The van der Waals surface area contributed by atoms with E-state index < -0.39 is 0 Å². The van der Waals surface area contributed by atoms with Gasteiger partial charge in [0.05, 0.1) is 7.11 Å². The first-order valence-electron chi connectivity index (χ1n) is 6.41. The van der Waals surface area contributed by atoms with Crippen LogP contribution < -0.4 is 15.6 Å². The van der Waals surface area contributed by atoms with Gasteiger partial charge in [0, 0.05) is 12.3 Å². The maximum atomic E-state index is 11.6. The van der Waals surface area contributed by atoms with Crippen molar-refractivity contribution in [1.29, 1.82) is 0 Å². The highest BCUT2D eigenvalue weighted by Gasteiger charge is 2.29. The van der Waals surface area contributed by atoms with Crippen molar-refractivity contribution in [2.45, 2.75) is 25.7 Å². The maximum absolute atomic E-state index is 11.6. The third kappa shape index (κ3) is 3.98. The number of amides is 2. The van der Waals surface area contributed by atoms with E-state index in [2.05, 4.69) is 10.9 Å². The fraction of sp³-hybridized carbons (Fsp3) is 0.429. The van der Waals surface area contributed by atoms with Crippen LogP contribution in [0.4, 0.5) is 0 Å². The van der Waals surface area contributed by atoms with Crippen LogP contribution >= 0.6 is 0 Å². The van der Waals surface area contributed by atoms with Gasteiger partial charge in [-0.25, -0.2) is 0 Å². The van der Waals surface area contributed by atoms with Crippen molar-refractivity contribution < 1.29 is 14.3 Å². The Morgan fingerprint density at radius 3 is 2.68 bits per heavy atom. The van der Waals surface area contributed by atoms with Crippen LogP contribution in [0.2, 0.25) is 0 Å². The minimum Gasteiger partial charge on any atom is -0.496 e. The number of rotatable bonds is 5. The largest absolute Gasteiger partial charge is 0.496 e. The van der Waals surface area contributed by atoms with Gasteiger partial charge in [-0.1, -0.05) is 18.2 Å². The van der Waals surface area contributed by atoms with Gasteiger partial charge in [0.15, 0.2) is 0 Å². The molecule has 0 spiro atoms. The van der Waals surface area contributed by atoms with E-state index >= 15 is 0 Å². The first-order chi connectivity index (χ1) is 9.20. The zero-order valence-corrected chi connectivity index (χ0v) is 10.9. The SMILES string of the molecule is COc1ccccc1CCC(=O)NNC(=O)C1CC1. The zero-order valence-electron chi connectivity index (χ0n) is 10.9. The van der Waals surface area contributed by atoms with Crippen molar-refractivity contribution in [1.82, 2.24) is 10.9 Å². The summed E-state index contributed by atoms with van der Waals surface area (Å²) in [7, 11) is 1.61. The predicted molar refractivity (Wildman–Crippen MR) is 70.3 cm³/mol. The first kappa shape index (κ1) is 13.4. The van der Waals surface area contributed by atoms with Gasteiger partial charge >= 0.3 is 0 Å². The summed E-state index contributed by atoms with van der Waals surface area (Å²) in [6, 6.07) is 7.58. The lowest BCUT2D eigenvalue weighted by Crippen LogP contribution is -2.42. The van der Waals surface area contributed by atoms with Crippen LogP contribution in [0.25, 0.3) is 0 Å². The summed E-state index contributed by atoms with van der Waals surface area (Å²) in [6.07, 6.45) is 2.73. The van der Waals surface area contributed by atoms with E-state index in [0.717, 1.165) is 24.2 Å². The van der Waals surface area contributed by atoms with Crippen molar-refractivity contribution in [2.75, 3.05) is 7.11 Å². The molecule has 1 aliphatic carbocycles. The molecule has 0 heterocycles. The smallest absolute Gasteiger partial charge is 0.241 e. The molecule has 0 unspecified atom stereocenters. The lowest BCUT2D eigenvalue weighted by Gasteiger charge is -2.09. The molecule has 102 valence electrons. The van der Waals surface area contributed by atoms with Crippen molar-refractivity contribution in [3.63, 3.8) is 0 Å². The number of aryl methyl sites for hydroxylation is 1. The molecule has 2 rings (SSSR count). The normalized spacial score (nSPS) is 13.7. The molecule has 1 aromatic carbocycles. The molecule has 5 heteroatoms. The van der Waals surface area contributed by atoms with Crippen molar-refractivity contribution in [2.24, 2.45) is 5.92 Å². The molecule has 1 fully saturated rings. The fourth-order valence-electron chi connectivity index (χ4n) is 1.80. The van der Waals surface area contributed by atoms with Crippen LogP contribution in [0.3, 0.4) is 0 Å². The standard InChI is InChI=1S/C14H18N2O3/c1-19-12-5-3-2-4-10(12)8-9-13(17)15-16-14(18)11-6-7-11/h2-5,11H,6-9H2,1H3,(H,15,17)(H,16,18). The maximum Gasteiger partial charge on any atom is 0.241 e. The Morgan fingerprint density at radius 2 is 2.00 bits per heavy atom. The minimum atomic E-state index is -0.195. The lowest BCUT2D eigenvalue weighted by molar-refractivity contribution is -0.129. The van der Waals surface area contributed by atoms with Gasteiger partial charge in [0.2, 0.25) is 11.8 Å². The highest BCUT2D eigenvalue weighted by molar-refractivity contribution is 5.84. The van der Waals surface area contributed by atoms with E-state index in [1.54, 1.807) is 7.11 Å². The summed E-state index contributed by atoms with van der Waals surface area (Å²) >= 11 is 0. The van der Waals surface area contributed by atoms with E-state index in [1.165, 1.54) is 0 Å². The van der Waals surface area contributed by atoms with Crippen LogP contribution in [0.1, 0.15) is 24.8 Å². The first-order valence-corrected chi connectivity index (χ1v) is 6.41. The summed E-state index contributed by atoms with van der Waals surface area (Å²) in [5.41, 5.74) is 5.85. The van der Waals surface area contributed by atoms with Gasteiger partial charge < -0.3 is 4.74 Å². The molecule has 0 aromatic heterocycles. The molecule has 1 aliphatic rings. The van der Waals surface area contributed by atoms with E-state index in [1.807, 2.05) is 24.3 Å². The Hall–Kier alpha value is -2.04. The molecule has 1 saturated carbocycles. The average molecular weight is 262 g/mol. The molecule has 2 amide bonds. The third-order valence-corrected chi connectivity index (χ3v) is 3.09. The third-order valence-electron chi connectivity index (χ3n) is 3.09. The van der Waals surface area contributed by atoms with Crippen LogP contribution in [-0.4, -0.2) is 18.9 Å². The quantitative estimate of drug-likeness (QED) is 0.783. The number of methoxy groups -OCH3 is 1. The summed E-state index contributed by atoms with van der Waals surface area (Å²) in [5.74, 6) is 0.581. The Kier molecular flexibility index (Phi) is 4.39. The van der Waals surface area contributed by atoms with E-state index in [9.17, 15) is 9.59 Å². The van der Waals surface area contributed by atoms with Crippen LogP contribution in [0, 0.1) is 5.92 Å². The van der Waals surface area contributed by atoms with Gasteiger partial charge in [-0.05, 0) is 30.9 Å². The van der Waals surface area contributed by atoms with Crippen LogP contribution in [-0.2, 0) is 16.0 Å². The number of hydrogen-bond acceptors (Lipinski definition) is 3. The van der Waals surface area contributed by atoms with Crippen molar-refractivity contribution in [3.8, 4) is 5.75 Å². The summed E-state index contributed by atoms with van der Waals surface area (Å²) in [4.78, 5) is 22.9. The number of carbonyl (C=O) groups excluding carboxylic acids is 2. The Bertz CT molecular complexity index is 470. The molecule has 19 heavy (non-hydrogen) atoms. The fourth-order valence-corrected chi connectivity index (χ4v) is 1.80. The van der Waals surface area contributed by atoms with Gasteiger partial charge in [-0.3, -0.25) is 20.4 Å². The predicted octanol–water partition coefficient (Wildman–Crippen LogP) is 1.19. The minimum absolute atomic E-state index is 0.0920.